The van der Waals surface area contributed by atoms with E-state index in [1.807, 2.05) is 0 Å². The predicted molar refractivity (Wildman–Crippen MR) is 97.2 cm³/mol. The van der Waals surface area contributed by atoms with Gasteiger partial charge in [-0.05, 0) is 69.2 Å². The van der Waals surface area contributed by atoms with Crippen LogP contribution in [0.4, 0.5) is 0 Å². The monoisotopic (exact) mass is 353 g/mol. The molecule has 0 aromatic carbocycles. The summed E-state index contributed by atoms with van der Waals surface area (Å²) in [4.78, 5) is 12.9. The van der Waals surface area contributed by atoms with Gasteiger partial charge in [0.1, 0.15) is 0 Å². The summed E-state index contributed by atoms with van der Waals surface area (Å²) in [5.74, 6) is 2.23. The van der Waals surface area contributed by atoms with Crippen LogP contribution < -0.4 is 16.0 Å². The van der Waals surface area contributed by atoms with Crippen LogP contribution >= 0.6 is 11.6 Å². The van der Waals surface area contributed by atoms with Crippen LogP contribution in [0, 0.1) is 17.8 Å². The fourth-order valence-corrected chi connectivity index (χ4v) is 5.72. The van der Waals surface area contributed by atoms with E-state index in [-0.39, 0.29) is 29.4 Å². The van der Waals surface area contributed by atoms with Gasteiger partial charge in [-0.25, -0.2) is 0 Å². The van der Waals surface area contributed by atoms with E-state index in [9.17, 15) is 4.79 Å². The summed E-state index contributed by atoms with van der Waals surface area (Å²) >= 11 is 6.58. The van der Waals surface area contributed by atoms with Crippen LogP contribution in [0.1, 0.15) is 58.3 Å². The molecule has 0 aromatic heterocycles. The number of carbonyl (C=O) groups is 1. The SMILES string of the molecule is CC1CCCC2CC(C(=O)NC(C3CC3)C3NCCCC3Cl)NC12. The molecule has 4 nitrogen and oxygen atoms in total. The molecule has 3 N–H and O–H groups in total. The fraction of sp³-hybridized carbons (Fsp3) is 0.947. The summed E-state index contributed by atoms with van der Waals surface area (Å²) < 4.78 is 0. The van der Waals surface area contributed by atoms with Crippen molar-refractivity contribution in [2.45, 2.75) is 87.8 Å². The third kappa shape index (κ3) is 3.47. The first kappa shape index (κ1) is 17.1. The van der Waals surface area contributed by atoms with Gasteiger partial charge in [-0.15, -0.1) is 11.6 Å². The Labute approximate surface area is 150 Å². The van der Waals surface area contributed by atoms with E-state index in [0.29, 0.717) is 23.8 Å². The molecule has 0 aromatic rings. The molecule has 1 amide bonds. The van der Waals surface area contributed by atoms with Crippen molar-refractivity contribution >= 4 is 17.5 Å². The van der Waals surface area contributed by atoms with E-state index in [1.165, 1.54) is 32.1 Å². The van der Waals surface area contributed by atoms with Crippen molar-refractivity contribution in [2.24, 2.45) is 17.8 Å². The number of hydrogen-bond donors (Lipinski definition) is 3. The Bertz CT molecular complexity index is 470. The molecular weight excluding hydrogens is 322 g/mol. The third-order valence-electron chi connectivity index (χ3n) is 6.86. The van der Waals surface area contributed by atoms with Crippen LogP contribution in [0.15, 0.2) is 0 Å². The van der Waals surface area contributed by atoms with E-state index in [4.69, 9.17) is 11.6 Å². The van der Waals surface area contributed by atoms with Gasteiger partial charge in [0.15, 0.2) is 0 Å². The molecule has 2 saturated carbocycles. The summed E-state index contributed by atoms with van der Waals surface area (Å²) in [6.45, 7) is 3.36. The topological polar surface area (TPSA) is 53.2 Å². The van der Waals surface area contributed by atoms with Crippen LogP contribution in [0.25, 0.3) is 0 Å². The average Bonchev–Trinajstić information content (AvgIpc) is 3.31. The molecule has 0 spiro atoms. The van der Waals surface area contributed by atoms with Crippen molar-refractivity contribution in [1.82, 2.24) is 16.0 Å². The Morgan fingerprint density at radius 1 is 1.17 bits per heavy atom. The molecule has 2 saturated heterocycles. The van der Waals surface area contributed by atoms with Crippen molar-refractivity contribution in [3.8, 4) is 0 Å². The van der Waals surface area contributed by atoms with Crippen molar-refractivity contribution in [2.75, 3.05) is 6.54 Å². The maximum Gasteiger partial charge on any atom is 0.237 e. The number of rotatable bonds is 4. The zero-order chi connectivity index (χ0) is 16.7. The number of hydrogen-bond acceptors (Lipinski definition) is 3. The predicted octanol–water partition coefficient (Wildman–Crippen LogP) is 2.41. The molecule has 5 heteroatoms. The Morgan fingerprint density at radius 2 is 2.00 bits per heavy atom. The number of piperidine rings is 1. The molecular formula is C19H32ClN3O. The number of amides is 1. The van der Waals surface area contributed by atoms with Gasteiger partial charge in [-0.1, -0.05) is 13.3 Å². The molecule has 24 heavy (non-hydrogen) atoms. The Morgan fingerprint density at radius 3 is 2.71 bits per heavy atom. The van der Waals surface area contributed by atoms with Crippen molar-refractivity contribution in [1.29, 1.82) is 0 Å². The molecule has 4 rings (SSSR count). The lowest BCUT2D eigenvalue weighted by atomic mass is 9.78. The first-order chi connectivity index (χ1) is 11.6. The maximum absolute atomic E-state index is 12.9. The van der Waals surface area contributed by atoms with Gasteiger partial charge in [0.05, 0.1) is 11.4 Å². The minimum atomic E-state index is -0.000772. The molecule has 7 unspecified atom stereocenters. The van der Waals surface area contributed by atoms with Crippen LogP contribution in [0.2, 0.25) is 0 Å². The molecule has 7 atom stereocenters. The van der Waals surface area contributed by atoms with E-state index in [1.54, 1.807) is 0 Å². The van der Waals surface area contributed by atoms with Crippen LogP contribution in [0.3, 0.4) is 0 Å². The highest BCUT2D eigenvalue weighted by Gasteiger charge is 2.45. The van der Waals surface area contributed by atoms with Gasteiger partial charge in [-0.2, -0.15) is 0 Å². The quantitative estimate of drug-likeness (QED) is 0.680. The molecule has 2 aliphatic heterocycles. The number of halogens is 1. The van der Waals surface area contributed by atoms with Gasteiger partial charge >= 0.3 is 0 Å². The smallest absolute Gasteiger partial charge is 0.237 e. The third-order valence-corrected chi connectivity index (χ3v) is 7.35. The lowest BCUT2D eigenvalue weighted by Gasteiger charge is -2.36. The van der Waals surface area contributed by atoms with E-state index >= 15 is 0 Å². The van der Waals surface area contributed by atoms with Gasteiger partial charge in [0.25, 0.3) is 0 Å². The standard InChI is InChI=1S/C19H32ClN3O/c1-11-4-2-5-13-10-15(22-16(11)13)19(24)23-17(12-7-8-12)18-14(20)6-3-9-21-18/h11-18,21-22H,2-10H2,1H3,(H,23,24). The molecule has 2 heterocycles. The highest BCUT2D eigenvalue weighted by Crippen LogP contribution is 2.38. The molecule has 0 bridgehead atoms. The highest BCUT2D eigenvalue weighted by molar-refractivity contribution is 6.21. The lowest BCUT2D eigenvalue weighted by molar-refractivity contribution is -0.124. The average molecular weight is 354 g/mol. The molecule has 0 radical (unpaired) electrons. The largest absolute Gasteiger partial charge is 0.350 e. The van der Waals surface area contributed by atoms with Gasteiger partial charge in [0.2, 0.25) is 5.91 Å². The van der Waals surface area contributed by atoms with Crippen LogP contribution in [-0.4, -0.2) is 42.0 Å². The van der Waals surface area contributed by atoms with Gasteiger partial charge in [0, 0.05) is 18.1 Å². The van der Waals surface area contributed by atoms with Crippen LogP contribution in [-0.2, 0) is 4.79 Å². The summed E-state index contributed by atoms with van der Waals surface area (Å²) in [6.07, 6.45) is 9.58. The second-order valence-corrected chi connectivity index (χ2v) is 9.22. The molecule has 4 aliphatic rings. The summed E-state index contributed by atoms with van der Waals surface area (Å²) in [7, 11) is 0. The molecule has 2 aliphatic carbocycles. The fourth-order valence-electron chi connectivity index (χ4n) is 5.32. The number of carbonyl (C=O) groups excluding carboxylic acids is 1. The second-order valence-electron chi connectivity index (χ2n) is 8.66. The van der Waals surface area contributed by atoms with Gasteiger partial charge < -0.3 is 16.0 Å². The minimum Gasteiger partial charge on any atom is -0.350 e. The van der Waals surface area contributed by atoms with E-state index in [2.05, 4.69) is 22.9 Å². The number of alkyl halides is 1. The van der Waals surface area contributed by atoms with Crippen LogP contribution in [0.5, 0.6) is 0 Å². The first-order valence-corrected chi connectivity index (χ1v) is 10.5. The van der Waals surface area contributed by atoms with Crippen molar-refractivity contribution < 1.29 is 4.79 Å². The Hall–Kier alpha value is -0.320. The van der Waals surface area contributed by atoms with Crippen molar-refractivity contribution in [3.05, 3.63) is 0 Å². The summed E-state index contributed by atoms with van der Waals surface area (Å²) in [6, 6.07) is 0.989. The number of nitrogens with one attached hydrogen (secondary N) is 3. The lowest BCUT2D eigenvalue weighted by Crippen LogP contribution is -2.59. The first-order valence-electron chi connectivity index (χ1n) is 10.1. The Kier molecular flexibility index (Phi) is 5.08. The van der Waals surface area contributed by atoms with E-state index < -0.39 is 0 Å². The summed E-state index contributed by atoms with van der Waals surface area (Å²) in [5.41, 5.74) is 0. The maximum atomic E-state index is 12.9. The number of fused-ring (bicyclic) bond motifs is 1. The zero-order valence-electron chi connectivity index (χ0n) is 14.8. The molecule has 136 valence electrons. The zero-order valence-corrected chi connectivity index (χ0v) is 15.5. The second kappa shape index (κ2) is 7.13. The van der Waals surface area contributed by atoms with E-state index in [0.717, 1.165) is 25.8 Å². The van der Waals surface area contributed by atoms with Gasteiger partial charge in [-0.3, -0.25) is 4.79 Å². The molecule has 4 fully saturated rings. The normalized spacial score (nSPS) is 43.9. The summed E-state index contributed by atoms with van der Waals surface area (Å²) in [5, 5.41) is 10.8. The van der Waals surface area contributed by atoms with Crippen molar-refractivity contribution in [3.63, 3.8) is 0 Å². The Balaban J connectivity index is 1.39. The minimum absolute atomic E-state index is 0.000772. The highest BCUT2D eigenvalue weighted by atomic mass is 35.5.